The van der Waals surface area contributed by atoms with Gasteiger partial charge in [-0.2, -0.15) is 0 Å². The van der Waals surface area contributed by atoms with Crippen LogP contribution >= 0.6 is 0 Å². The van der Waals surface area contributed by atoms with Gasteiger partial charge in [0.1, 0.15) is 0 Å². The maximum atomic E-state index is 2.27. The highest BCUT2D eigenvalue weighted by Gasteiger charge is 1.85. The van der Waals surface area contributed by atoms with E-state index < -0.39 is 0 Å². The van der Waals surface area contributed by atoms with Gasteiger partial charge >= 0.3 is 0 Å². The molecule has 14 heavy (non-hydrogen) atoms. The zero-order valence-electron chi connectivity index (χ0n) is 8.86. The first-order chi connectivity index (χ1) is 7.00. The molecule has 0 atom stereocenters. The molecule has 0 nitrogen and oxygen atoms in total. The minimum atomic E-state index is 1.04. The minimum absolute atomic E-state index is 1.04. The van der Waals surface area contributed by atoms with Crippen LogP contribution in [0.5, 0.6) is 0 Å². The summed E-state index contributed by atoms with van der Waals surface area (Å²) >= 11 is 0. The number of allylic oxidation sites excluding steroid dienone is 8. The van der Waals surface area contributed by atoms with Crippen LogP contribution in [-0.4, -0.2) is 0 Å². The first-order valence-corrected chi connectivity index (χ1v) is 5.63. The third kappa shape index (κ3) is 6.47. The maximum Gasteiger partial charge on any atom is -0.0163 e. The second-order valence-corrected chi connectivity index (χ2v) is 3.59. The number of hydrogen-bond acceptors (Lipinski definition) is 0. The zero-order chi connectivity index (χ0) is 9.90. The van der Waals surface area contributed by atoms with Crippen LogP contribution in [0.15, 0.2) is 48.6 Å². The first kappa shape index (κ1) is 11.0. The van der Waals surface area contributed by atoms with Gasteiger partial charge in [-0.1, -0.05) is 55.0 Å². The summed E-state index contributed by atoms with van der Waals surface area (Å²) in [6, 6.07) is 0. The average molecular weight is 188 g/mol. The molecule has 0 saturated heterocycles. The number of rotatable bonds is 0. The Morgan fingerprint density at radius 2 is 1.00 bits per heavy atom. The molecule has 1 rings (SSSR count). The summed E-state index contributed by atoms with van der Waals surface area (Å²) in [5.41, 5.74) is 0. The molecule has 0 heteroatoms. The minimum Gasteiger partial charge on any atom is -0.0845 e. The van der Waals surface area contributed by atoms with E-state index in [1.165, 1.54) is 32.1 Å². The topological polar surface area (TPSA) is 0 Å². The van der Waals surface area contributed by atoms with E-state index in [4.69, 9.17) is 0 Å². The van der Waals surface area contributed by atoms with Gasteiger partial charge in [0.05, 0.1) is 0 Å². The maximum absolute atomic E-state index is 2.27. The summed E-state index contributed by atoms with van der Waals surface area (Å²) in [7, 11) is 0. The van der Waals surface area contributed by atoms with Crippen LogP contribution in [0.3, 0.4) is 0 Å². The molecule has 0 aliphatic heterocycles. The lowest BCUT2D eigenvalue weighted by molar-refractivity contribution is 0.696. The van der Waals surface area contributed by atoms with Gasteiger partial charge in [0, 0.05) is 0 Å². The lowest BCUT2D eigenvalue weighted by atomic mass is 10.1. The summed E-state index contributed by atoms with van der Waals surface area (Å²) in [6.07, 6.45) is 25.0. The van der Waals surface area contributed by atoms with Gasteiger partial charge in [-0.3, -0.25) is 0 Å². The summed E-state index contributed by atoms with van der Waals surface area (Å²) in [6.45, 7) is 0. The van der Waals surface area contributed by atoms with Gasteiger partial charge in [0.25, 0.3) is 0 Å². The largest absolute Gasteiger partial charge is 0.0845 e. The van der Waals surface area contributed by atoms with Crippen LogP contribution in [0.4, 0.5) is 0 Å². The third-order valence-electron chi connectivity index (χ3n) is 2.28. The molecule has 0 amide bonds. The predicted octanol–water partition coefficient (Wildman–Crippen LogP) is 4.57. The fourth-order valence-electron chi connectivity index (χ4n) is 1.44. The molecule has 0 bridgehead atoms. The van der Waals surface area contributed by atoms with Gasteiger partial charge < -0.3 is 0 Å². The van der Waals surface area contributed by atoms with Crippen molar-refractivity contribution in [3.63, 3.8) is 0 Å². The van der Waals surface area contributed by atoms with Crippen molar-refractivity contribution in [2.75, 3.05) is 0 Å². The van der Waals surface area contributed by atoms with E-state index in [0.717, 1.165) is 6.42 Å². The van der Waals surface area contributed by atoms with E-state index in [9.17, 15) is 0 Å². The molecule has 0 heterocycles. The molecule has 0 radical (unpaired) electrons. The average Bonchev–Trinajstić information content (AvgIpc) is 2.22. The highest BCUT2D eigenvalue weighted by atomic mass is 13.9. The van der Waals surface area contributed by atoms with Crippen LogP contribution < -0.4 is 0 Å². The molecular formula is C14H20. The molecule has 1 aliphatic rings. The molecule has 76 valence electrons. The zero-order valence-corrected chi connectivity index (χ0v) is 8.86. The number of hydrogen-bond donors (Lipinski definition) is 0. The Morgan fingerprint density at radius 1 is 0.500 bits per heavy atom. The van der Waals surface area contributed by atoms with Gasteiger partial charge in [0.2, 0.25) is 0 Å². The molecule has 0 unspecified atom stereocenters. The summed E-state index contributed by atoms with van der Waals surface area (Å²) in [4.78, 5) is 0. The Hall–Kier alpha value is -1.04. The molecular weight excluding hydrogens is 168 g/mol. The van der Waals surface area contributed by atoms with Crippen LogP contribution in [0.1, 0.15) is 38.5 Å². The molecule has 1 aliphatic carbocycles. The van der Waals surface area contributed by atoms with Gasteiger partial charge in [-0.25, -0.2) is 0 Å². The van der Waals surface area contributed by atoms with Crippen molar-refractivity contribution in [3.05, 3.63) is 48.6 Å². The summed E-state index contributed by atoms with van der Waals surface area (Å²) < 4.78 is 0. The van der Waals surface area contributed by atoms with Crippen LogP contribution in [0.2, 0.25) is 0 Å². The second kappa shape index (κ2) is 8.55. The quantitative estimate of drug-likeness (QED) is 0.522. The fourth-order valence-corrected chi connectivity index (χ4v) is 1.44. The van der Waals surface area contributed by atoms with E-state index in [1.54, 1.807) is 0 Å². The first-order valence-electron chi connectivity index (χ1n) is 5.63. The van der Waals surface area contributed by atoms with E-state index in [0.29, 0.717) is 0 Å². The highest BCUT2D eigenvalue weighted by molar-refractivity contribution is 5.08. The summed E-state index contributed by atoms with van der Waals surface area (Å²) in [5, 5.41) is 0. The SMILES string of the molecule is C1=CC/C=C\C=C\CCCCC/C=C/1. The van der Waals surface area contributed by atoms with E-state index in [1.807, 2.05) is 0 Å². The summed E-state index contributed by atoms with van der Waals surface area (Å²) in [5.74, 6) is 0. The Labute approximate surface area is 87.7 Å². The van der Waals surface area contributed by atoms with Gasteiger partial charge in [0.15, 0.2) is 0 Å². The molecule has 0 aromatic carbocycles. The van der Waals surface area contributed by atoms with Crippen LogP contribution in [0.25, 0.3) is 0 Å². The van der Waals surface area contributed by atoms with E-state index in [2.05, 4.69) is 48.6 Å². The monoisotopic (exact) mass is 188 g/mol. The smallest absolute Gasteiger partial charge is 0.0163 e. The molecule has 0 spiro atoms. The van der Waals surface area contributed by atoms with Crippen molar-refractivity contribution in [2.24, 2.45) is 0 Å². The standard InChI is InChI=1S/C14H20/c1-2-4-6-8-10-12-14-13-11-9-7-5-3-1/h1-4,7,9,11,13H,5-6,8,10,12,14H2/b3-1-,4-2+,9-7?,13-11+. The van der Waals surface area contributed by atoms with Crippen molar-refractivity contribution in [1.82, 2.24) is 0 Å². The lowest BCUT2D eigenvalue weighted by Gasteiger charge is -1.94. The highest BCUT2D eigenvalue weighted by Crippen LogP contribution is 2.05. The molecule has 0 aromatic heterocycles. The predicted molar refractivity (Wildman–Crippen MR) is 64.3 cm³/mol. The molecule has 0 aromatic rings. The normalized spacial score (nSPS) is 26.3. The van der Waals surface area contributed by atoms with Crippen LogP contribution in [0, 0.1) is 0 Å². The van der Waals surface area contributed by atoms with E-state index in [-0.39, 0.29) is 0 Å². The Bertz CT molecular complexity index is 204. The Balaban J connectivity index is 2.35. The molecule has 0 fully saturated rings. The third-order valence-corrected chi connectivity index (χ3v) is 2.28. The van der Waals surface area contributed by atoms with E-state index >= 15 is 0 Å². The van der Waals surface area contributed by atoms with Crippen molar-refractivity contribution in [1.29, 1.82) is 0 Å². The lowest BCUT2D eigenvalue weighted by Crippen LogP contribution is -1.74. The Morgan fingerprint density at radius 3 is 1.57 bits per heavy atom. The fraction of sp³-hybridized carbons (Fsp3) is 0.429. The second-order valence-electron chi connectivity index (χ2n) is 3.59. The van der Waals surface area contributed by atoms with Crippen LogP contribution in [-0.2, 0) is 0 Å². The van der Waals surface area contributed by atoms with Crippen molar-refractivity contribution in [3.8, 4) is 0 Å². The van der Waals surface area contributed by atoms with Gasteiger partial charge in [-0.15, -0.1) is 0 Å². The van der Waals surface area contributed by atoms with Crippen molar-refractivity contribution >= 4 is 0 Å². The van der Waals surface area contributed by atoms with Crippen molar-refractivity contribution in [2.45, 2.75) is 38.5 Å². The Kier molecular flexibility index (Phi) is 6.74. The van der Waals surface area contributed by atoms with Gasteiger partial charge in [-0.05, 0) is 32.1 Å². The molecule has 0 saturated carbocycles. The van der Waals surface area contributed by atoms with Crippen molar-refractivity contribution < 1.29 is 0 Å². The molecule has 0 N–H and O–H groups in total.